The fraction of sp³-hybridized carbons (Fsp3) is 0. The SMILES string of the molecule is NC(=O)C=Cc1ccc2[nH]cc([N+](=O)[O-])c(=O)c2c1. The summed E-state index contributed by atoms with van der Waals surface area (Å²) in [5.41, 5.74) is 4.80. The van der Waals surface area contributed by atoms with Crippen LogP contribution < -0.4 is 11.2 Å². The maximum Gasteiger partial charge on any atom is 0.332 e. The molecule has 2 rings (SSSR count). The first-order valence-corrected chi connectivity index (χ1v) is 5.26. The van der Waals surface area contributed by atoms with Crippen LogP contribution >= 0.6 is 0 Å². The number of fused-ring (bicyclic) bond motifs is 1. The summed E-state index contributed by atoms with van der Waals surface area (Å²) in [5, 5.41) is 10.9. The van der Waals surface area contributed by atoms with Gasteiger partial charge < -0.3 is 10.7 Å². The lowest BCUT2D eigenvalue weighted by Gasteiger charge is -1.99. The average molecular weight is 259 g/mol. The number of aromatic amines is 1. The zero-order chi connectivity index (χ0) is 14.0. The van der Waals surface area contributed by atoms with Gasteiger partial charge in [0.05, 0.1) is 16.5 Å². The van der Waals surface area contributed by atoms with Gasteiger partial charge in [0.2, 0.25) is 5.91 Å². The van der Waals surface area contributed by atoms with Crippen molar-refractivity contribution in [3.05, 3.63) is 56.4 Å². The fourth-order valence-electron chi connectivity index (χ4n) is 1.64. The summed E-state index contributed by atoms with van der Waals surface area (Å²) >= 11 is 0. The summed E-state index contributed by atoms with van der Waals surface area (Å²) in [5.74, 6) is -0.618. The zero-order valence-corrected chi connectivity index (χ0v) is 9.62. The minimum absolute atomic E-state index is 0.181. The van der Waals surface area contributed by atoms with Crippen LogP contribution in [0, 0.1) is 10.1 Å². The Morgan fingerprint density at radius 3 is 2.79 bits per heavy atom. The summed E-state index contributed by atoms with van der Waals surface area (Å²) < 4.78 is 0. The third-order valence-electron chi connectivity index (χ3n) is 2.52. The van der Waals surface area contributed by atoms with Crippen molar-refractivity contribution in [2.45, 2.75) is 0 Å². The van der Waals surface area contributed by atoms with Gasteiger partial charge in [-0.25, -0.2) is 0 Å². The number of pyridine rings is 1. The largest absolute Gasteiger partial charge is 0.366 e. The molecule has 0 aliphatic heterocycles. The van der Waals surface area contributed by atoms with E-state index in [1.807, 2.05) is 0 Å². The Hall–Kier alpha value is -2.96. The van der Waals surface area contributed by atoms with Crippen LogP contribution in [0.15, 0.2) is 35.3 Å². The maximum absolute atomic E-state index is 11.9. The van der Waals surface area contributed by atoms with Crippen LogP contribution in [0.4, 0.5) is 5.69 Å². The third-order valence-corrected chi connectivity index (χ3v) is 2.52. The molecule has 0 saturated heterocycles. The Morgan fingerprint density at radius 2 is 2.16 bits per heavy atom. The van der Waals surface area contributed by atoms with E-state index in [0.717, 1.165) is 12.3 Å². The number of aromatic nitrogens is 1. The van der Waals surface area contributed by atoms with Gasteiger partial charge in [-0.2, -0.15) is 0 Å². The van der Waals surface area contributed by atoms with Gasteiger partial charge in [-0.3, -0.25) is 19.7 Å². The highest BCUT2D eigenvalue weighted by Gasteiger charge is 2.14. The topological polar surface area (TPSA) is 119 Å². The molecule has 0 unspecified atom stereocenters. The highest BCUT2D eigenvalue weighted by atomic mass is 16.6. The predicted octanol–water partition coefficient (Wildman–Crippen LogP) is 0.935. The number of hydrogen-bond donors (Lipinski definition) is 2. The van der Waals surface area contributed by atoms with E-state index in [4.69, 9.17) is 5.73 Å². The van der Waals surface area contributed by atoms with Crippen LogP contribution in [0.2, 0.25) is 0 Å². The molecule has 0 bridgehead atoms. The molecule has 0 fully saturated rings. The predicted molar refractivity (Wildman–Crippen MR) is 69.5 cm³/mol. The molecule has 7 heteroatoms. The van der Waals surface area contributed by atoms with E-state index in [1.165, 1.54) is 12.1 Å². The minimum atomic E-state index is -0.746. The lowest BCUT2D eigenvalue weighted by molar-refractivity contribution is -0.386. The van der Waals surface area contributed by atoms with Crippen molar-refractivity contribution >= 4 is 28.6 Å². The molecule has 3 N–H and O–H groups in total. The van der Waals surface area contributed by atoms with Crippen molar-refractivity contribution in [1.29, 1.82) is 0 Å². The van der Waals surface area contributed by atoms with Crippen molar-refractivity contribution in [3.63, 3.8) is 0 Å². The van der Waals surface area contributed by atoms with Crippen LogP contribution in [0.5, 0.6) is 0 Å². The number of primary amides is 1. The Labute approximate surface area is 106 Å². The van der Waals surface area contributed by atoms with E-state index in [0.29, 0.717) is 11.1 Å². The molecule has 7 nitrogen and oxygen atoms in total. The van der Waals surface area contributed by atoms with E-state index in [9.17, 15) is 19.7 Å². The van der Waals surface area contributed by atoms with Gasteiger partial charge in [-0.05, 0) is 23.8 Å². The molecule has 1 aromatic heterocycles. The standard InChI is InChI=1S/C12H9N3O4/c13-11(16)4-2-7-1-3-9-8(5-7)12(17)10(6-14-9)15(18)19/h1-6H,(H2,13,16)(H,14,17). The number of carbonyl (C=O) groups is 1. The molecule has 0 spiro atoms. The number of nitrogens with two attached hydrogens (primary N) is 1. The van der Waals surface area contributed by atoms with Crippen LogP contribution in [-0.4, -0.2) is 15.8 Å². The molecule has 0 aliphatic rings. The second-order valence-corrected chi connectivity index (χ2v) is 3.80. The maximum atomic E-state index is 11.9. The number of amides is 1. The van der Waals surface area contributed by atoms with Crippen molar-refractivity contribution < 1.29 is 9.72 Å². The highest BCUT2D eigenvalue weighted by Crippen LogP contribution is 2.14. The number of carbonyl (C=O) groups excluding carboxylic acids is 1. The van der Waals surface area contributed by atoms with Gasteiger partial charge >= 0.3 is 5.69 Å². The third kappa shape index (κ3) is 2.49. The first kappa shape index (κ1) is 12.5. The quantitative estimate of drug-likeness (QED) is 0.484. The average Bonchev–Trinajstić information content (AvgIpc) is 2.36. The number of nitro groups is 1. The molecule has 1 heterocycles. The Balaban J connectivity index is 2.64. The Kier molecular flexibility index (Phi) is 3.11. The molecule has 0 aliphatic carbocycles. The van der Waals surface area contributed by atoms with E-state index >= 15 is 0 Å². The summed E-state index contributed by atoms with van der Waals surface area (Å²) in [6, 6.07) is 4.71. The van der Waals surface area contributed by atoms with Crippen LogP contribution in [0.25, 0.3) is 17.0 Å². The molecule has 1 amide bonds. The monoisotopic (exact) mass is 259 g/mol. The normalized spacial score (nSPS) is 10.9. The molecule has 19 heavy (non-hydrogen) atoms. The van der Waals surface area contributed by atoms with Crippen molar-refractivity contribution in [1.82, 2.24) is 4.98 Å². The smallest absolute Gasteiger partial charge is 0.332 e. The first-order valence-electron chi connectivity index (χ1n) is 5.26. The fourth-order valence-corrected chi connectivity index (χ4v) is 1.64. The number of H-pyrrole nitrogens is 1. The Bertz CT molecular complexity index is 761. The van der Waals surface area contributed by atoms with Crippen LogP contribution in [0.1, 0.15) is 5.56 Å². The molecule has 2 aromatic rings. The lowest BCUT2D eigenvalue weighted by atomic mass is 10.1. The molecule has 0 saturated carbocycles. The van der Waals surface area contributed by atoms with Crippen molar-refractivity contribution in [2.24, 2.45) is 5.73 Å². The van der Waals surface area contributed by atoms with Crippen LogP contribution in [-0.2, 0) is 4.79 Å². The summed E-state index contributed by atoms with van der Waals surface area (Å²) in [6.45, 7) is 0. The van der Waals surface area contributed by atoms with Crippen molar-refractivity contribution in [3.8, 4) is 0 Å². The first-order chi connectivity index (χ1) is 8.99. The van der Waals surface area contributed by atoms with E-state index in [-0.39, 0.29) is 5.39 Å². The minimum Gasteiger partial charge on any atom is -0.366 e. The van der Waals surface area contributed by atoms with Crippen molar-refractivity contribution in [2.75, 3.05) is 0 Å². The van der Waals surface area contributed by atoms with Gasteiger partial charge in [0, 0.05) is 11.6 Å². The van der Waals surface area contributed by atoms with E-state index in [1.54, 1.807) is 12.1 Å². The highest BCUT2D eigenvalue weighted by molar-refractivity contribution is 5.91. The summed E-state index contributed by atoms with van der Waals surface area (Å²) in [4.78, 5) is 35.1. The molecular formula is C12H9N3O4. The second-order valence-electron chi connectivity index (χ2n) is 3.80. The number of nitrogens with one attached hydrogen (secondary N) is 1. The zero-order valence-electron chi connectivity index (χ0n) is 9.62. The number of rotatable bonds is 3. The molecule has 96 valence electrons. The molecule has 0 radical (unpaired) electrons. The summed E-state index contributed by atoms with van der Waals surface area (Å²) in [7, 11) is 0. The van der Waals surface area contributed by atoms with Gasteiger partial charge in [0.15, 0.2) is 0 Å². The van der Waals surface area contributed by atoms with Gasteiger partial charge in [0.25, 0.3) is 5.43 Å². The second kappa shape index (κ2) is 4.73. The lowest BCUT2D eigenvalue weighted by Crippen LogP contribution is -2.09. The van der Waals surface area contributed by atoms with Gasteiger partial charge in [-0.1, -0.05) is 6.07 Å². The Morgan fingerprint density at radius 1 is 1.42 bits per heavy atom. The van der Waals surface area contributed by atoms with Crippen LogP contribution in [0.3, 0.4) is 0 Å². The number of nitrogens with zero attached hydrogens (tertiary/aromatic N) is 1. The number of hydrogen-bond acceptors (Lipinski definition) is 4. The summed E-state index contributed by atoms with van der Waals surface area (Å²) in [6.07, 6.45) is 3.64. The molecular weight excluding hydrogens is 250 g/mol. The van der Waals surface area contributed by atoms with E-state index in [2.05, 4.69) is 4.98 Å². The van der Waals surface area contributed by atoms with Gasteiger partial charge in [-0.15, -0.1) is 0 Å². The van der Waals surface area contributed by atoms with E-state index < -0.39 is 21.9 Å². The molecule has 1 aromatic carbocycles. The number of benzene rings is 1. The molecule has 0 atom stereocenters. The van der Waals surface area contributed by atoms with Gasteiger partial charge in [0.1, 0.15) is 0 Å².